The van der Waals surface area contributed by atoms with Gasteiger partial charge in [0.2, 0.25) is 0 Å². The van der Waals surface area contributed by atoms with Gasteiger partial charge < -0.3 is 4.42 Å². The molecular formula is C20H14N4O6S. The summed E-state index contributed by atoms with van der Waals surface area (Å²) in [6, 6.07) is 11.8. The number of hydrogen-bond acceptors (Lipinski definition) is 8. The number of carbonyl (C=O) groups excluding carboxylic acids is 1. The van der Waals surface area contributed by atoms with Crippen molar-refractivity contribution in [3.05, 3.63) is 91.9 Å². The molecule has 0 aliphatic rings. The first-order chi connectivity index (χ1) is 14.8. The molecule has 156 valence electrons. The summed E-state index contributed by atoms with van der Waals surface area (Å²) in [6.07, 6.45) is 1.46. The maximum Gasteiger partial charge on any atom is 0.277 e. The fraction of sp³-hybridized carbons (Fsp3) is 0.100. The standard InChI is InChI=1S/C20H14N4O6S/c1-12-4-2-6-17-18(12)21-20(31-17)22(11-16-5-3-7-30-16)19(25)13-8-14(23(26)27)10-15(9-13)24(28)29/h2-10H,11H2,1H3. The Kier molecular flexibility index (Phi) is 5.17. The number of aromatic nitrogens is 1. The third-order valence-corrected chi connectivity index (χ3v) is 5.59. The largest absolute Gasteiger partial charge is 0.467 e. The average molecular weight is 438 g/mol. The Morgan fingerprint density at radius 3 is 2.39 bits per heavy atom. The molecule has 0 fully saturated rings. The Hall–Kier alpha value is -4.12. The van der Waals surface area contributed by atoms with Crippen molar-refractivity contribution in [2.24, 2.45) is 0 Å². The maximum atomic E-state index is 13.4. The van der Waals surface area contributed by atoms with Crippen molar-refractivity contribution in [2.45, 2.75) is 13.5 Å². The van der Waals surface area contributed by atoms with Crippen molar-refractivity contribution in [1.82, 2.24) is 4.98 Å². The van der Waals surface area contributed by atoms with Crippen molar-refractivity contribution >= 4 is 44.0 Å². The third-order valence-electron chi connectivity index (χ3n) is 4.55. The lowest BCUT2D eigenvalue weighted by Crippen LogP contribution is -2.30. The van der Waals surface area contributed by atoms with Gasteiger partial charge in [0, 0.05) is 12.1 Å². The van der Waals surface area contributed by atoms with Gasteiger partial charge in [0.25, 0.3) is 17.3 Å². The molecule has 0 saturated heterocycles. The van der Waals surface area contributed by atoms with Crippen LogP contribution >= 0.6 is 11.3 Å². The number of nitro benzene ring substituents is 2. The number of para-hydroxylation sites is 1. The number of non-ortho nitro benzene ring substituents is 2. The van der Waals surface area contributed by atoms with Crippen LogP contribution in [0, 0.1) is 27.2 Å². The molecule has 1 amide bonds. The van der Waals surface area contributed by atoms with E-state index in [9.17, 15) is 25.0 Å². The van der Waals surface area contributed by atoms with Crippen LogP contribution in [0.3, 0.4) is 0 Å². The summed E-state index contributed by atoms with van der Waals surface area (Å²) in [5.41, 5.74) is 0.371. The molecule has 0 atom stereocenters. The van der Waals surface area contributed by atoms with Crippen LogP contribution in [0.15, 0.2) is 59.2 Å². The highest BCUT2D eigenvalue weighted by Crippen LogP contribution is 2.33. The number of hydrogen-bond donors (Lipinski definition) is 0. The highest BCUT2D eigenvalue weighted by atomic mass is 32.1. The zero-order valence-corrected chi connectivity index (χ0v) is 16.9. The summed E-state index contributed by atoms with van der Waals surface area (Å²) in [6.45, 7) is 1.90. The van der Waals surface area contributed by atoms with E-state index in [4.69, 9.17) is 4.42 Å². The van der Waals surface area contributed by atoms with Gasteiger partial charge in [-0.05, 0) is 30.7 Å². The van der Waals surface area contributed by atoms with Crippen LogP contribution in [0.25, 0.3) is 10.2 Å². The van der Waals surface area contributed by atoms with Gasteiger partial charge in [-0.3, -0.25) is 29.9 Å². The fourth-order valence-corrected chi connectivity index (χ4v) is 4.10. The minimum absolute atomic E-state index is 0.00118. The van der Waals surface area contributed by atoms with Crippen LogP contribution < -0.4 is 4.90 Å². The van der Waals surface area contributed by atoms with E-state index in [1.54, 1.807) is 12.1 Å². The monoisotopic (exact) mass is 438 g/mol. The molecule has 0 saturated carbocycles. The second-order valence-corrected chi connectivity index (χ2v) is 7.65. The van der Waals surface area contributed by atoms with Crippen LogP contribution in [0.2, 0.25) is 0 Å². The molecule has 0 aliphatic heterocycles. The molecule has 31 heavy (non-hydrogen) atoms. The van der Waals surface area contributed by atoms with E-state index in [1.165, 1.54) is 22.5 Å². The molecule has 10 nitrogen and oxygen atoms in total. The van der Waals surface area contributed by atoms with Crippen molar-refractivity contribution in [1.29, 1.82) is 0 Å². The number of rotatable bonds is 6. The van der Waals surface area contributed by atoms with E-state index >= 15 is 0 Å². The minimum Gasteiger partial charge on any atom is -0.467 e. The molecular weight excluding hydrogens is 424 g/mol. The van der Waals surface area contributed by atoms with E-state index in [0.717, 1.165) is 34.0 Å². The molecule has 0 N–H and O–H groups in total. The maximum absolute atomic E-state index is 13.4. The average Bonchev–Trinajstić information content (AvgIpc) is 3.41. The number of anilines is 1. The first-order valence-corrected chi connectivity index (χ1v) is 9.79. The SMILES string of the molecule is Cc1cccc2sc(N(Cc3ccco3)C(=O)c3cc([N+](=O)[O-])cc([N+](=O)[O-])c3)nc12. The Balaban J connectivity index is 1.83. The Labute approximate surface area is 178 Å². The topological polar surface area (TPSA) is 133 Å². The van der Waals surface area contributed by atoms with Crippen LogP contribution in [0.1, 0.15) is 21.7 Å². The Morgan fingerprint density at radius 1 is 1.10 bits per heavy atom. The van der Waals surface area contributed by atoms with Crippen molar-refractivity contribution < 1.29 is 19.1 Å². The summed E-state index contributed by atoms with van der Waals surface area (Å²) in [5, 5.41) is 22.8. The van der Waals surface area contributed by atoms with Crippen molar-refractivity contribution in [3.8, 4) is 0 Å². The molecule has 0 unspecified atom stereocenters. The highest BCUT2D eigenvalue weighted by Gasteiger charge is 2.27. The number of benzene rings is 2. The molecule has 0 bridgehead atoms. The number of fused-ring (bicyclic) bond motifs is 1. The molecule has 2 aromatic carbocycles. The van der Waals surface area contributed by atoms with Crippen LogP contribution in [0.4, 0.5) is 16.5 Å². The van der Waals surface area contributed by atoms with Gasteiger partial charge in [-0.15, -0.1) is 0 Å². The number of nitrogens with zero attached hydrogens (tertiary/aromatic N) is 4. The van der Waals surface area contributed by atoms with Crippen LogP contribution in [0.5, 0.6) is 0 Å². The zero-order valence-electron chi connectivity index (χ0n) is 16.0. The Morgan fingerprint density at radius 2 is 1.81 bits per heavy atom. The molecule has 0 aliphatic carbocycles. The van der Waals surface area contributed by atoms with Gasteiger partial charge in [0.05, 0.1) is 44.5 Å². The first kappa shape index (κ1) is 20.2. The molecule has 11 heteroatoms. The van der Waals surface area contributed by atoms with Gasteiger partial charge >= 0.3 is 0 Å². The smallest absolute Gasteiger partial charge is 0.277 e. The van der Waals surface area contributed by atoms with E-state index in [1.807, 2.05) is 25.1 Å². The van der Waals surface area contributed by atoms with Crippen LogP contribution in [-0.2, 0) is 6.54 Å². The van der Waals surface area contributed by atoms with Gasteiger partial charge in [-0.25, -0.2) is 4.98 Å². The highest BCUT2D eigenvalue weighted by molar-refractivity contribution is 7.22. The lowest BCUT2D eigenvalue weighted by atomic mass is 10.1. The number of aryl methyl sites for hydroxylation is 1. The van der Waals surface area contributed by atoms with E-state index in [0.29, 0.717) is 10.9 Å². The molecule has 4 rings (SSSR count). The molecule has 2 heterocycles. The van der Waals surface area contributed by atoms with Gasteiger partial charge in [0.15, 0.2) is 5.13 Å². The number of amides is 1. The molecule has 0 spiro atoms. The fourth-order valence-electron chi connectivity index (χ4n) is 3.06. The number of thiazole rings is 1. The van der Waals surface area contributed by atoms with Gasteiger partial charge in [-0.2, -0.15) is 0 Å². The van der Waals surface area contributed by atoms with E-state index in [-0.39, 0.29) is 12.1 Å². The van der Waals surface area contributed by atoms with E-state index < -0.39 is 27.1 Å². The normalized spacial score (nSPS) is 10.9. The predicted octanol–water partition coefficient (Wildman–Crippen LogP) is 4.86. The summed E-state index contributed by atoms with van der Waals surface area (Å²) in [7, 11) is 0. The number of furan rings is 1. The lowest BCUT2D eigenvalue weighted by Gasteiger charge is -2.18. The summed E-state index contributed by atoms with van der Waals surface area (Å²) in [4.78, 5) is 40.2. The molecule has 0 radical (unpaired) electrons. The second-order valence-electron chi connectivity index (χ2n) is 6.64. The number of nitro groups is 2. The minimum atomic E-state index is -0.776. The van der Waals surface area contributed by atoms with Crippen molar-refractivity contribution in [2.75, 3.05) is 4.90 Å². The summed E-state index contributed by atoms with van der Waals surface area (Å²) < 4.78 is 6.22. The third kappa shape index (κ3) is 3.98. The lowest BCUT2D eigenvalue weighted by molar-refractivity contribution is -0.394. The van der Waals surface area contributed by atoms with Crippen molar-refractivity contribution in [3.63, 3.8) is 0 Å². The van der Waals surface area contributed by atoms with Gasteiger partial charge in [-0.1, -0.05) is 23.5 Å². The summed E-state index contributed by atoms with van der Waals surface area (Å²) >= 11 is 1.27. The predicted molar refractivity (Wildman–Crippen MR) is 113 cm³/mol. The van der Waals surface area contributed by atoms with Gasteiger partial charge in [0.1, 0.15) is 5.76 Å². The van der Waals surface area contributed by atoms with Crippen LogP contribution in [-0.4, -0.2) is 20.7 Å². The summed E-state index contributed by atoms with van der Waals surface area (Å²) in [5.74, 6) is -0.204. The quantitative estimate of drug-likeness (QED) is 0.310. The second kappa shape index (κ2) is 7.95. The number of carbonyl (C=O) groups is 1. The molecule has 4 aromatic rings. The van der Waals surface area contributed by atoms with E-state index in [2.05, 4.69) is 4.98 Å². The zero-order chi connectivity index (χ0) is 22.1. The molecule has 2 aromatic heterocycles. The first-order valence-electron chi connectivity index (χ1n) is 8.98. The Bertz CT molecular complexity index is 1280.